The van der Waals surface area contributed by atoms with Gasteiger partial charge in [-0.25, -0.2) is 4.79 Å². The summed E-state index contributed by atoms with van der Waals surface area (Å²) >= 11 is 0. The van der Waals surface area contributed by atoms with Crippen molar-refractivity contribution in [3.63, 3.8) is 0 Å². The third-order valence-electron chi connectivity index (χ3n) is 4.27. The summed E-state index contributed by atoms with van der Waals surface area (Å²) in [5, 5.41) is 22.3. The van der Waals surface area contributed by atoms with E-state index in [4.69, 9.17) is 9.47 Å². The Morgan fingerprint density at radius 1 is 1.16 bits per heavy atom. The molecule has 168 valence electrons. The van der Waals surface area contributed by atoms with Crippen molar-refractivity contribution in [3.8, 4) is 17.6 Å². The van der Waals surface area contributed by atoms with Crippen molar-refractivity contribution in [3.05, 3.63) is 28.2 Å². The van der Waals surface area contributed by atoms with Gasteiger partial charge in [0.05, 0.1) is 6.61 Å². The standard InChI is InChI=1S/C22H29N3O6/c1-4-7-8-11-30-22(28)31-19-14-16(13-18(24-29)20(19)26)12-17(15-23)21(27)25(9-5-2)10-6-3/h12-14,26H,4-11H2,1-3H3/b17-12+. The number of aromatic hydroxyl groups is 1. The minimum Gasteiger partial charge on any atom is -0.503 e. The minimum atomic E-state index is -1.04. The Labute approximate surface area is 182 Å². The third-order valence-corrected chi connectivity index (χ3v) is 4.27. The van der Waals surface area contributed by atoms with E-state index in [1.165, 1.54) is 18.2 Å². The predicted octanol–water partition coefficient (Wildman–Crippen LogP) is 5.05. The highest BCUT2D eigenvalue weighted by molar-refractivity contribution is 6.01. The van der Waals surface area contributed by atoms with E-state index in [9.17, 15) is 24.9 Å². The molecule has 0 atom stereocenters. The lowest BCUT2D eigenvalue weighted by molar-refractivity contribution is -0.126. The van der Waals surface area contributed by atoms with Crippen LogP contribution >= 0.6 is 0 Å². The molecule has 9 nitrogen and oxygen atoms in total. The lowest BCUT2D eigenvalue weighted by atomic mass is 10.1. The zero-order valence-corrected chi connectivity index (χ0v) is 18.2. The number of nitriles is 1. The van der Waals surface area contributed by atoms with Crippen LogP contribution in [0.15, 0.2) is 22.9 Å². The second-order valence-electron chi connectivity index (χ2n) is 6.85. The van der Waals surface area contributed by atoms with Gasteiger partial charge < -0.3 is 19.5 Å². The van der Waals surface area contributed by atoms with Crippen molar-refractivity contribution in [1.29, 1.82) is 5.26 Å². The van der Waals surface area contributed by atoms with Gasteiger partial charge in [0.1, 0.15) is 11.6 Å². The zero-order chi connectivity index (χ0) is 23.2. The number of carbonyl (C=O) groups excluding carboxylic acids is 2. The summed E-state index contributed by atoms with van der Waals surface area (Å²) in [6, 6.07) is 4.28. The zero-order valence-electron chi connectivity index (χ0n) is 18.2. The summed E-state index contributed by atoms with van der Waals surface area (Å²) in [4.78, 5) is 37.2. The molecule has 0 unspecified atom stereocenters. The van der Waals surface area contributed by atoms with Crippen molar-refractivity contribution >= 4 is 23.8 Å². The van der Waals surface area contributed by atoms with Gasteiger partial charge in [0.2, 0.25) is 0 Å². The molecule has 0 aliphatic carbocycles. The number of rotatable bonds is 12. The van der Waals surface area contributed by atoms with Crippen LogP contribution in [-0.4, -0.2) is 41.8 Å². The molecule has 0 aliphatic heterocycles. The largest absolute Gasteiger partial charge is 0.513 e. The Bertz CT molecular complexity index is 838. The van der Waals surface area contributed by atoms with Gasteiger partial charge in [0.15, 0.2) is 17.2 Å². The number of amides is 1. The molecule has 0 saturated heterocycles. The maximum absolute atomic E-state index is 12.7. The fraction of sp³-hybridized carbons (Fsp3) is 0.500. The molecule has 0 heterocycles. The van der Waals surface area contributed by atoms with E-state index in [1.807, 2.05) is 26.8 Å². The highest BCUT2D eigenvalue weighted by Crippen LogP contribution is 2.38. The number of nitrogens with zero attached hydrogens (tertiary/aromatic N) is 3. The van der Waals surface area contributed by atoms with Gasteiger partial charge >= 0.3 is 6.16 Å². The Balaban J connectivity index is 3.17. The normalized spacial score (nSPS) is 10.8. The summed E-state index contributed by atoms with van der Waals surface area (Å²) in [5.74, 6) is -1.44. The van der Waals surface area contributed by atoms with Crippen LogP contribution in [0.5, 0.6) is 11.5 Å². The van der Waals surface area contributed by atoms with Crippen LogP contribution in [0.3, 0.4) is 0 Å². The number of carbonyl (C=O) groups is 2. The van der Waals surface area contributed by atoms with Crippen LogP contribution in [-0.2, 0) is 9.53 Å². The van der Waals surface area contributed by atoms with Gasteiger partial charge in [0.25, 0.3) is 5.91 Å². The minimum absolute atomic E-state index is 0.155. The molecule has 0 aromatic heterocycles. The fourth-order valence-electron chi connectivity index (χ4n) is 2.80. The number of unbranched alkanes of at least 4 members (excludes halogenated alkanes) is 2. The molecule has 1 amide bonds. The summed E-state index contributed by atoms with van der Waals surface area (Å²) in [7, 11) is 0. The molecule has 0 fully saturated rings. The quantitative estimate of drug-likeness (QED) is 0.122. The molecule has 1 aromatic carbocycles. The molecular weight excluding hydrogens is 402 g/mol. The molecule has 1 rings (SSSR count). The van der Waals surface area contributed by atoms with E-state index >= 15 is 0 Å². The van der Waals surface area contributed by atoms with Crippen LogP contribution in [0.4, 0.5) is 10.5 Å². The summed E-state index contributed by atoms with van der Waals surface area (Å²) in [6.45, 7) is 7.02. The number of benzene rings is 1. The molecule has 0 spiro atoms. The Morgan fingerprint density at radius 2 is 1.84 bits per heavy atom. The molecule has 0 bridgehead atoms. The van der Waals surface area contributed by atoms with E-state index in [-0.39, 0.29) is 23.5 Å². The van der Waals surface area contributed by atoms with E-state index in [0.29, 0.717) is 19.5 Å². The summed E-state index contributed by atoms with van der Waals surface area (Å²) in [5.41, 5.74) is -0.359. The Kier molecular flexibility index (Phi) is 11.4. The fourth-order valence-corrected chi connectivity index (χ4v) is 2.80. The summed E-state index contributed by atoms with van der Waals surface area (Å²) in [6.07, 6.45) is 4.20. The van der Waals surface area contributed by atoms with Crippen LogP contribution < -0.4 is 4.74 Å². The van der Waals surface area contributed by atoms with E-state index in [0.717, 1.165) is 25.7 Å². The topological polar surface area (TPSA) is 129 Å². The van der Waals surface area contributed by atoms with Gasteiger partial charge in [-0.1, -0.05) is 33.6 Å². The molecule has 0 aliphatic rings. The average molecular weight is 431 g/mol. The van der Waals surface area contributed by atoms with Gasteiger partial charge in [-0.2, -0.15) is 5.26 Å². The maximum atomic E-state index is 12.7. The van der Waals surface area contributed by atoms with E-state index in [2.05, 4.69) is 5.18 Å². The number of hydrogen-bond acceptors (Lipinski definition) is 8. The van der Waals surface area contributed by atoms with Gasteiger partial charge in [-0.3, -0.25) is 4.79 Å². The average Bonchev–Trinajstić information content (AvgIpc) is 2.76. The van der Waals surface area contributed by atoms with Gasteiger partial charge in [-0.05, 0) is 48.2 Å². The van der Waals surface area contributed by atoms with Crippen LogP contribution in [0.1, 0.15) is 58.4 Å². The molecule has 0 saturated carbocycles. The first-order valence-electron chi connectivity index (χ1n) is 10.4. The van der Waals surface area contributed by atoms with Crippen LogP contribution in [0, 0.1) is 16.2 Å². The lowest BCUT2D eigenvalue weighted by Crippen LogP contribution is -2.33. The van der Waals surface area contributed by atoms with Gasteiger partial charge in [0, 0.05) is 13.1 Å². The molecule has 1 N–H and O–H groups in total. The molecule has 1 aromatic rings. The SMILES string of the molecule is CCCCCOC(=O)Oc1cc(/C=C(\C#N)C(=O)N(CCC)CCC)cc(N=O)c1O. The molecule has 9 heteroatoms. The first-order chi connectivity index (χ1) is 14.9. The first kappa shape index (κ1) is 25.6. The van der Waals surface area contributed by atoms with Crippen molar-refractivity contribution in [2.45, 2.75) is 52.9 Å². The number of phenolic OH excluding ortho intramolecular Hbond substituents is 1. The number of nitroso groups, excluding NO2 is 1. The lowest BCUT2D eigenvalue weighted by Gasteiger charge is -2.20. The van der Waals surface area contributed by atoms with E-state index in [1.54, 1.807) is 4.90 Å². The van der Waals surface area contributed by atoms with E-state index < -0.39 is 23.5 Å². The van der Waals surface area contributed by atoms with Crippen molar-refractivity contribution < 1.29 is 24.2 Å². The predicted molar refractivity (Wildman–Crippen MR) is 116 cm³/mol. The second kappa shape index (κ2) is 13.7. The number of phenols is 1. The highest BCUT2D eigenvalue weighted by atomic mass is 16.7. The first-order valence-corrected chi connectivity index (χ1v) is 10.4. The molecule has 0 radical (unpaired) electrons. The van der Waals surface area contributed by atoms with Crippen molar-refractivity contribution in [2.75, 3.05) is 19.7 Å². The number of hydrogen-bond donors (Lipinski definition) is 1. The Hall–Kier alpha value is -3.41. The smallest absolute Gasteiger partial charge is 0.503 e. The van der Waals surface area contributed by atoms with Crippen molar-refractivity contribution in [2.24, 2.45) is 5.18 Å². The number of ether oxygens (including phenoxy) is 2. The third kappa shape index (κ3) is 8.09. The van der Waals surface area contributed by atoms with Gasteiger partial charge in [-0.15, -0.1) is 4.91 Å². The Morgan fingerprint density at radius 3 is 2.39 bits per heavy atom. The maximum Gasteiger partial charge on any atom is 0.513 e. The molecular formula is C22H29N3O6. The van der Waals surface area contributed by atoms with Crippen molar-refractivity contribution in [1.82, 2.24) is 4.90 Å². The van der Waals surface area contributed by atoms with Crippen LogP contribution in [0.25, 0.3) is 6.08 Å². The second-order valence-corrected chi connectivity index (χ2v) is 6.85. The summed E-state index contributed by atoms with van der Waals surface area (Å²) < 4.78 is 9.92. The monoisotopic (exact) mass is 431 g/mol. The molecule has 31 heavy (non-hydrogen) atoms. The van der Waals surface area contributed by atoms with Crippen LogP contribution in [0.2, 0.25) is 0 Å². The highest BCUT2D eigenvalue weighted by Gasteiger charge is 2.19.